The van der Waals surface area contributed by atoms with Crippen molar-refractivity contribution >= 4 is 0 Å². The van der Waals surface area contributed by atoms with Crippen molar-refractivity contribution in [1.82, 2.24) is 5.32 Å². The van der Waals surface area contributed by atoms with E-state index in [0.29, 0.717) is 18.7 Å². The minimum absolute atomic E-state index is 0.109. The summed E-state index contributed by atoms with van der Waals surface area (Å²) in [4.78, 5) is 0. The largest absolute Gasteiger partial charge is 0.383 e. The van der Waals surface area contributed by atoms with Gasteiger partial charge in [-0.1, -0.05) is 0 Å². The second kappa shape index (κ2) is 5.78. The molecule has 0 unspecified atom stereocenters. The van der Waals surface area contributed by atoms with Crippen LogP contribution in [-0.4, -0.2) is 19.8 Å². The van der Waals surface area contributed by atoms with Gasteiger partial charge in [0.2, 0.25) is 0 Å². The summed E-state index contributed by atoms with van der Waals surface area (Å²) in [6.07, 6.45) is 0. The molecule has 84 valence electrons. The molecule has 0 aliphatic rings. The van der Waals surface area contributed by atoms with Crippen molar-refractivity contribution in [1.29, 1.82) is 0 Å². The zero-order valence-corrected chi connectivity index (χ0v) is 8.89. The van der Waals surface area contributed by atoms with Crippen LogP contribution in [0.2, 0.25) is 0 Å². The number of rotatable bonds is 5. The third kappa shape index (κ3) is 3.93. The van der Waals surface area contributed by atoms with Gasteiger partial charge in [0.15, 0.2) is 0 Å². The zero-order valence-electron chi connectivity index (χ0n) is 8.89. The summed E-state index contributed by atoms with van der Waals surface area (Å²) in [6, 6.07) is 3.55. The lowest BCUT2D eigenvalue weighted by molar-refractivity contribution is 0.171. The van der Waals surface area contributed by atoms with Crippen LogP contribution in [-0.2, 0) is 11.3 Å². The first-order valence-corrected chi connectivity index (χ1v) is 4.79. The van der Waals surface area contributed by atoms with Crippen molar-refractivity contribution in [2.45, 2.75) is 19.5 Å². The van der Waals surface area contributed by atoms with E-state index in [2.05, 4.69) is 5.32 Å². The summed E-state index contributed by atoms with van der Waals surface area (Å²) in [5.41, 5.74) is 0.331. The Morgan fingerprint density at radius 2 is 2.13 bits per heavy atom. The molecule has 0 aromatic heterocycles. The Labute approximate surface area is 88.3 Å². The summed E-state index contributed by atoms with van der Waals surface area (Å²) in [6.45, 7) is 2.76. The molecule has 0 radical (unpaired) electrons. The Morgan fingerprint density at radius 3 is 2.80 bits per heavy atom. The quantitative estimate of drug-likeness (QED) is 0.812. The third-order valence-electron chi connectivity index (χ3n) is 2.07. The smallest absolute Gasteiger partial charge is 0.127 e. The van der Waals surface area contributed by atoms with Gasteiger partial charge in [0, 0.05) is 25.3 Å². The fraction of sp³-hybridized carbons (Fsp3) is 0.455. The Bertz CT molecular complexity index is 317. The molecule has 0 fully saturated rings. The van der Waals surface area contributed by atoms with E-state index in [4.69, 9.17) is 4.74 Å². The van der Waals surface area contributed by atoms with E-state index in [9.17, 15) is 8.78 Å². The first-order valence-electron chi connectivity index (χ1n) is 4.79. The van der Waals surface area contributed by atoms with Gasteiger partial charge in [-0.25, -0.2) is 8.78 Å². The summed E-state index contributed by atoms with van der Waals surface area (Å²) in [5, 5.41) is 3.04. The summed E-state index contributed by atoms with van der Waals surface area (Å²) < 4.78 is 30.9. The van der Waals surface area contributed by atoms with E-state index in [-0.39, 0.29) is 6.04 Å². The zero-order chi connectivity index (χ0) is 11.3. The van der Waals surface area contributed by atoms with E-state index >= 15 is 0 Å². The van der Waals surface area contributed by atoms with E-state index < -0.39 is 11.6 Å². The van der Waals surface area contributed by atoms with E-state index in [1.807, 2.05) is 6.92 Å². The van der Waals surface area contributed by atoms with Gasteiger partial charge in [0.05, 0.1) is 6.61 Å². The summed E-state index contributed by atoms with van der Waals surface area (Å²) in [7, 11) is 1.60. The second-order valence-electron chi connectivity index (χ2n) is 3.47. The van der Waals surface area contributed by atoms with Gasteiger partial charge in [0.1, 0.15) is 11.6 Å². The summed E-state index contributed by atoms with van der Waals surface area (Å²) in [5.74, 6) is -0.818. The molecule has 0 aliphatic heterocycles. The van der Waals surface area contributed by atoms with Crippen molar-refractivity contribution < 1.29 is 13.5 Å². The number of methoxy groups -OCH3 is 1. The normalized spacial score (nSPS) is 12.8. The van der Waals surface area contributed by atoms with Crippen LogP contribution in [0.15, 0.2) is 18.2 Å². The monoisotopic (exact) mass is 215 g/mol. The molecule has 1 aromatic carbocycles. The van der Waals surface area contributed by atoms with Crippen molar-refractivity contribution in [3.8, 4) is 0 Å². The molecule has 15 heavy (non-hydrogen) atoms. The predicted octanol–water partition coefficient (Wildman–Crippen LogP) is 2.09. The van der Waals surface area contributed by atoms with Gasteiger partial charge in [0.25, 0.3) is 0 Å². The molecule has 4 heteroatoms. The van der Waals surface area contributed by atoms with E-state index in [0.717, 1.165) is 12.1 Å². The minimum Gasteiger partial charge on any atom is -0.383 e. The average Bonchev–Trinajstić information content (AvgIpc) is 2.20. The van der Waals surface area contributed by atoms with Crippen molar-refractivity contribution in [2.75, 3.05) is 13.7 Å². The van der Waals surface area contributed by atoms with Crippen molar-refractivity contribution in [2.24, 2.45) is 0 Å². The van der Waals surface area contributed by atoms with Crippen LogP contribution in [0, 0.1) is 11.6 Å². The molecular formula is C11H15F2NO. The van der Waals surface area contributed by atoms with Crippen molar-refractivity contribution in [3.63, 3.8) is 0 Å². The predicted molar refractivity (Wildman–Crippen MR) is 54.5 cm³/mol. The molecule has 2 nitrogen and oxygen atoms in total. The van der Waals surface area contributed by atoms with E-state index in [1.54, 1.807) is 7.11 Å². The maximum absolute atomic E-state index is 13.2. The highest BCUT2D eigenvalue weighted by molar-refractivity contribution is 5.18. The standard InChI is InChI=1S/C11H15F2NO/c1-8(7-15-2)14-6-9-5-10(12)3-4-11(9)13/h3-5,8,14H,6-7H2,1-2H3/t8-/m1/s1. The fourth-order valence-corrected chi connectivity index (χ4v) is 1.27. The Balaban J connectivity index is 2.53. The van der Waals surface area contributed by atoms with Crippen LogP contribution in [0.5, 0.6) is 0 Å². The van der Waals surface area contributed by atoms with Crippen molar-refractivity contribution in [3.05, 3.63) is 35.4 Å². The number of benzene rings is 1. The first kappa shape index (κ1) is 12.1. The van der Waals surface area contributed by atoms with Gasteiger partial charge in [-0.15, -0.1) is 0 Å². The lowest BCUT2D eigenvalue weighted by Crippen LogP contribution is -2.29. The number of nitrogens with one attached hydrogen (secondary N) is 1. The average molecular weight is 215 g/mol. The molecule has 0 bridgehead atoms. The SMILES string of the molecule is COC[C@@H](C)NCc1cc(F)ccc1F. The molecule has 1 atom stereocenters. The highest BCUT2D eigenvalue weighted by Crippen LogP contribution is 2.09. The number of ether oxygens (including phenoxy) is 1. The molecule has 0 saturated heterocycles. The second-order valence-corrected chi connectivity index (χ2v) is 3.47. The third-order valence-corrected chi connectivity index (χ3v) is 2.07. The molecule has 1 N–H and O–H groups in total. The van der Waals surface area contributed by atoms with Crippen LogP contribution in [0.4, 0.5) is 8.78 Å². The van der Waals surface area contributed by atoms with Crippen LogP contribution < -0.4 is 5.32 Å². The van der Waals surface area contributed by atoms with Crippen LogP contribution in [0.25, 0.3) is 0 Å². The summed E-state index contributed by atoms with van der Waals surface area (Å²) >= 11 is 0. The molecule has 1 rings (SSSR count). The first-order chi connectivity index (χ1) is 7.13. The number of halogens is 2. The Kier molecular flexibility index (Phi) is 4.65. The molecule has 0 spiro atoms. The number of hydrogen-bond donors (Lipinski definition) is 1. The maximum Gasteiger partial charge on any atom is 0.127 e. The van der Waals surface area contributed by atoms with Gasteiger partial charge in [-0.3, -0.25) is 0 Å². The Hall–Kier alpha value is -1.00. The fourth-order valence-electron chi connectivity index (χ4n) is 1.27. The maximum atomic E-state index is 13.2. The van der Waals surface area contributed by atoms with Crippen LogP contribution >= 0.6 is 0 Å². The Morgan fingerprint density at radius 1 is 1.40 bits per heavy atom. The highest BCUT2D eigenvalue weighted by Gasteiger charge is 2.05. The van der Waals surface area contributed by atoms with Gasteiger partial charge < -0.3 is 10.1 Å². The lowest BCUT2D eigenvalue weighted by Gasteiger charge is -2.12. The van der Waals surface area contributed by atoms with Gasteiger partial charge >= 0.3 is 0 Å². The molecule has 0 amide bonds. The van der Waals surface area contributed by atoms with Crippen LogP contribution in [0.3, 0.4) is 0 Å². The molecule has 0 heterocycles. The van der Waals surface area contributed by atoms with E-state index in [1.165, 1.54) is 6.07 Å². The molecule has 0 aliphatic carbocycles. The number of hydrogen-bond acceptors (Lipinski definition) is 2. The van der Waals surface area contributed by atoms with Gasteiger partial charge in [-0.2, -0.15) is 0 Å². The van der Waals surface area contributed by atoms with Crippen LogP contribution in [0.1, 0.15) is 12.5 Å². The highest BCUT2D eigenvalue weighted by atomic mass is 19.1. The molecular weight excluding hydrogens is 200 g/mol. The molecule has 0 saturated carbocycles. The van der Waals surface area contributed by atoms with Gasteiger partial charge in [-0.05, 0) is 25.1 Å². The minimum atomic E-state index is -0.424. The molecule has 1 aromatic rings. The topological polar surface area (TPSA) is 21.3 Å². The lowest BCUT2D eigenvalue weighted by atomic mass is 10.2.